The molecule has 0 atom stereocenters. The molecule has 1 saturated heterocycles. The number of nitro benzene ring substituents is 1. The fourth-order valence-corrected chi connectivity index (χ4v) is 5.00. The van der Waals surface area contributed by atoms with E-state index in [1.165, 1.54) is 17.8 Å². The Kier molecular flexibility index (Phi) is 7.60. The Balaban J connectivity index is 1.56. The highest BCUT2D eigenvalue weighted by Gasteiger charge is 2.25. The first kappa shape index (κ1) is 25.9. The van der Waals surface area contributed by atoms with Gasteiger partial charge in [-0.25, -0.2) is 4.99 Å². The average Bonchev–Trinajstić information content (AvgIpc) is 3.20. The molecule has 1 aliphatic rings. The van der Waals surface area contributed by atoms with Gasteiger partial charge in [0.1, 0.15) is 4.90 Å². The Hall–Kier alpha value is -4.16. The predicted molar refractivity (Wildman–Crippen MR) is 141 cm³/mol. The van der Waals surface area contributed by atoms with Crippen molar-refractivity contribution in [2.75, 3.05) is 6.61 Å². The Morgan fingerprint density at radius 1 is 1.05 bits per heavy atom. The molecule has 1 aliphatic heterocycles. The van der Waals surface area contributed by atoms with Gasteiger partial charge in [0.25, 0.3) is 11.6 Å². The Bertz CT molecular complexity index is 1510. The molecule has 1 N–H and O–H groups in total. The second-order valence-corrected chi connectivity index (χ2v) is 10.3. The van der Waals surface area contributed by atoms with Crippen molar-refractivity contribution >= 4 is 50.4 Å². The minimum Gasteiger partial charge on any atom is -0.490 e. The first-order valence-corrected chi connectivity index (χ1v) is 13.2. The molecule has 0 aromatic heterocycles. The zero-order chi connectivity index (χ0) is 26.6. The number of carbonyl (C=O) groups excluding carboxylic acids is 1. The third kappa shape index (κ3) is 6.35. The number of hydrogen-bond acceptors (Lipinski definition) is 9. The molecule has 0 aliphatic carbocycles. The molecule has 37 heavy (non-hydrogen) atoms. The smallest absolute Gasteiger partial charge is 0.339 e. The maximum atomic E-state index is 12.7. The fourth-order valence-electron chi connectivity index (χ4n) is 3.22. The quantitative estimate of drug-likeness (QED) is 0.183. The largest absolute Gasteiger partial charge is 0.490 e. The molecule has 3 aromatic carbocycles. The van der Waals surface area contributed by atoms with Gasteiger partial charge in [0.15, 0.2) is 16.7 Å². The molecule has 1 heterocycles. The van der Waals surface area contributed by atoms with Crippen LogP contribution in [0.1, 0.15) is 18.1 Å². The third-order valence-corrected chi connectivity index (χ3v) is 7.17. The summed E-state index contributed by atoms with van der Waals surface area (Å²) < 4.78 is 36.3. The van der Waals surface area contributed by atoms with Crippen molar-refractivity contribution in [2.45, 2.75) is 18.7 Å². The monoisotopic (exact) mass is 539 g/mol. The van der Waals surface area contributed by atoms with Crippen molar-refractivity contribution in [3.05, 3.63) is 92.9 Å². The van der Waals surface area contributed by atoms with Gasteiger partial charge in [0.05, 0.1) is 22.1 Å². The van der Waals surface area contributed by atoms with Crippen molar-refractivity contribution in [1.29, 1.82) is 0 Å². The summed E-state index contributed by atoms with van der Waals surface area (Å²) in [6.45, 7) is 3.94. The number of aliphatic imine (C=N–C) groups is 1. The summed E-state index contributed by atoms with van der Waals surface area (Å²) in [6.07, 6.45) is 1.63. The highest BCUT2D eigenvalue weighted by molar-refractivity contribution is 8.18. The lowest BCUT2D eigenvalue weighted by atomic mass is 10.2. The van der Waals surface area contributed by atoms with E-state index in [2.05, 4.69) is 10.3 Å². The maximum absolute atomic E-state index is 12.7. The molecule has 1 fully saturated rings. The van der Waals surface area contributed by atoms with Gasteiger partial charge in [-0.2, -0.15) is 8.42 Å². The van der Waals surface area contributed by atoms with Gasteiger partial charge in [-0.1, -0.05) is 23.8 Å². The molecule has 190 valence electrons. The minimum absolute atomic E-state index is 0.0625. The van der Waals surface area contributed by atoms with Gasteiger partial charge >= 0.3 is 10.1 Å². The van der Waals surface area contributed by atoms with E-state index >= 15 is 0 Å². The molecule has 0 radical (unpaired) electrons. The molecule has 0 spiro atoms. The van der Waals surface area contributed by atoms with Crippen LogP contribution in [-0.2, 0) is 14.9 Å². The highest BCUT2D eigenvalue weighted by Crippen LogP contribution is 2.34. The summed E-state index contributed by atoms with van der Waals surface area (Å²) in [7, 11) is -4.28. The van der Waals surface area contributed by atoms with Crippen LogP contribution in [0.4, 0.5) is 11.4 Å². The number of nitrogens with zero attached hydrogens (tertiary/aromatic N) is 2. The predicted octanol–water partition coefficient (Wildman–Crippen LogP) is 4.96. The standard InChI is InChI=1S/C25H21N3O7S2/c1-3-34-22-14-17(15-23-24(29)27-25(36-23)26-18-7-4-16(2)5-8-18)6-13-21(22)35-37(32,33)20-11-9-19(10-12-20)28(30)31/h4-15H,3H2,1-2H3,(H,26,27,29)/b23-15-. The Morgan fingerprint density at radius 3 is 2.41 bits per heavy atom. The first-order chi connectivity index (χ1) is 17.6. The van der Waals surface area contributed by atoms with E-state index in [4.69, 9.17) is 8.92 Å². The number of nitro groups is 1. The van der Waals surface area contributed by atoms with Crippen LogP contribution in [0.5, 0.6) is 11.5 Å². The molecule has 1 amide bonds. The van der Waals surface area contributed by atoms with Crippen molar-refractivity contribution < 1.29 is 27.1 Å². The van der Waals surface area contributed by atoms with Gasteiger partial charge in [0.2, 0.25) is 0 Å². The summed E-state index contributed by atoms with van der Waals surface area (Å²) in [4.78, 5) is 27.3. The van der Waals surface area contributed by atoms with Crippen LogP contribution >= 0.6 is 11.8 Å². The summed E-state index contributed by atoms with van der Waals surface area (Å²) in [5.74, 6) is -0.221. The van der Waals surface area contributed by atoms with Gasteiger partial charge in [-0.3, -0.25) is 14.9 Å². The van der Waals surface area contributed by atoms with Crippen LogP contribution in [0.15, 0.2) is 81.5 Å². The van der Waals surface area contributed by atoms with Crippen LogP contribution < -0.4 is 14.2 Å². The second kappa shape index (κ2) is 10.8. The van der Waals surface area contributed by atoms with E-state index < -0.39 is 15.0 Å². The van der Waals surface area contributed by atoms with E-state index in [1.54, 1.807) is 25.1 Å². The van der Waals surface area contributed by atoms with E-state index in [9.17, 15) is 23.3 Å². The lowest BCUT2D eigenvalue weighted by molar-refractivity contribution is -0.384. The third-order valence-electron chi connectivity index (χ3n) is 5.02. The van der Waals surface area contributed by atoms with E-state index in [-0.39, 0.29) is 34.6 Å². The minimum atomic E-state index is -4.28. The van der Waals surface area contributed by atoms with Crippen LogP contribution in [-0.4, -0.2) is 31.0 Å². The molecule has 0 bridgehead atoms. The van der Waals surface area contributed by atoms with Crippen molar-refractivity contribution in [3.8, 4) is 11.5 Å². The molecule has 0 saturated carbocycles. The van der Waals surface area contributed by atoms with Crippen LogP contribution in [0, 0.1) is 17.0 Å². The number of amidine groups is 1. The maximum Gasteiger partial charge on any atom is 0.339 e. The number of non-ortho nitro benzene ring substituents is 1. The number of carbonyl (C=O) groups is 1. The number of ether oxygens (including phenoxy) is 1. The molecular weight excluding hydrogens is 518 g/mol. The van der Waals surface area contributed by atoms with Crippen LogP contribution in [0.25, 0.3) is 6.08 Å². The normalized spacial score (nSPS) is 15.6. The van der Waals surface area contributed by atoms with Crippen molar-refractivity contribution in [3.63, 3.8) is 0 Å². The summed E-state index contributed by atoms with van der Waals surface area (Å²) in [5.41, 5.74) is 2.15. The first-order valence-electron chi connectivity index (χ1n) is 11.0. The van der Waals surface area contributed by atoms with Crippen molar-refractivity contribution in [2.24, 2.45) is 4.99 Å². The van der Waals surface area contributed by atoms with Crippen LogP contribution in [0.3, 0.4) is 0 Å². The molecule has 0 unspecified atom stereocenters. The van der Waals surface area contributed by atoms with E-state index in [1.807, 2.05) is 31.2 Å². The molecule has 12 heteroatoms. The summed E-state index contributed by atoms with van der Waals surface area (Å²) >= 11 is 1.18. The Labute approximate surface area is 217 Å². The van der Waals surface area contributed by atoms with Crippen LogP contribution in [0.2, 0.25) is 0 Å². The highest BCUT2D eigenvalue weighted by atomic mass is 32.2. The summed E-state index contributed by atoms with van der Waals surface area (Å²) in [5, 5.41) is 14.0. The Morgan fingerprint density at radius 2 is 1.76 bits per heavy atom. The number of thioether (sulfide) groups is 1. The lowest BCUT2D eigenvalue weighted by Gasteiger charge is -2.12. The molecular formula is C25H21N3O7S2. The molecule has 10 nitrogen and oxygen atoms in total. The number of nitrogens with one attached hydrogen (secondary N) is 1. The number of benzene rings is 3. The molecule has 4 rings (SSSR count). The summed E-state index contributed by atoms with van der Waals surface area (Å²) in [6, 6.07) is 16.5. The van der Waals surface area contributed by atoms with E-state index in [0.29, 0.717) is 21.3 Å². The SMILES string of the molecule is CCOc1cc(/C=C2\SC(=Nc3ccc(C)cc3)NC2=O)ccc1OS(=O)(=O)c1ccc([N+](=O)[O-])cc1. The number of amides is 1. The van der Waals surface area contributed by atoms with Gasteiger partial charge in [0, 0.05) is 12.1 Å². The van der Waals surface area contributed by atoms with Gasteiger partial charge in [-0.05, 0) is 73.6 Å². The zero-order valence-electron chi connectivity index (χ0n) is 19.7. The van der Waals surface area contributed by atoms with Gasteiger partial charge in [-0.15, -0.1) is 0 Å². The fraction of sp³-hybridized carbons (Fsp3) is 0.120. The second-order valence-electron chi connectivity index (χ2n) is 7.74. The zero-order valence-corrected chi connectivity index (χ0v) is 21.3. The lowest BCUT2D eigenvalue weighted by Crippen LogP contribution is -2.19. The number of aryl methyl sites for hydroxylation is 1. The number of rotatable bonds is 8. The van der Waals surface area contributed by atoms with E-state index in [0.717, 1.165) is 29.8 Å². The van der Waals surface area contributed by atoms with Gasteiger partial charge < -0.3 is 14.2 Å². The average molecular weight is 540 g/mol. The topological polar surface area (TPSA) is 137 Å². The number of hydrogen-bond donors (Lipinski definition) is 1. The molecule has 3 aromatic rings. The van der Waals surface area contributed by atoms with Crippen molar-refractivity contribution in [1.82, 2.24) is 5.32 Å².